The average Bonchev–Trinajstić information content (AvgIpc) is 2.49. The van der Waals surface area contributed by atoms with Crippen molar-refractivity contribution >= 4 is 11.9 Å². The van der Waals surface area contributed by atoms with Gasteiger partial charge >= 0.3 is 11.9 Å². The number of hydrogen-bond donors (Lipinski definition) is 2. The summed E-state index contributed by atoms with van der Waals surface area (Å²) in [4.78, 5) is 22.1. The molecule has 0 aliphatic heterocycles. The van der Waals surface area contributed by atoms with Crippen LogP contribution < -0.4 is 0 Å². The zero-order valence-corrected chi connectivity index (χ0v) is 15.0. The van der Waals surface area contributed by atoms with Gasteiger partial charge in [0.2, 0.25) is 0 Å². The van der Waals surface area contributed by atoms with Gasteiger partial charge in [-0.05, 0) is 31.2 Å². The number of rotatable bonds is 11. The smallest absolute Gasteiger partial charge is 0.304 e. The van der Waals surface area contributed by atoms with E-state index in [1.165, 1.54) is 5.56 Å². The lowest BCUT2D eigenvalue weighted by Gasteiger charge is -2.37. The molecule has 0 aliphatic rings. The molecule has 134 valence electrons. The highest BCUT2D eigenvalue weighted by Gasteiger charge is 2.37. The van der Waals surface area contributed by atoms with Crippen molar-refractivity contribution in [3.05, 3.63) is 35.4 Å². The number of aliphatic carboxylic acids is 2. The quantitative estimate of drug-likeness (QED) is 0.571. The van der Waals surface area contributed by atoms with Crippen molar-refractivity contribution in [3.8, 4) is 0 Å². The van der Waals surface area contributed by atoms with E-state index in [0.29, 0.717) is 6.42 Å². The molecule has 0 amide bonds. The molecule has 0 heterocycles. The lowest BCUT2D eigenvalue weighted by molar-refractivity contribution is -0.139. The molecule has 1 aromatic rings. The monoisotopic (exact) mass is 334 g/mol. The van der Waals surface area contributed by atoms with E-state index < -0.39 is 11.9 Å². The molecule has 0 aliphatic carbocycles. The van der Waals surface area contributed by atoms with Crippen LogP contribution in [-0.2, 0) is 15.0 Å². The maximum absolute atomic E-state index is 11.5. The Labute approximate surface area is 144 Å². The van der Waals surface area contributed by atoms with Crippen LogP contribution in [0.5, 0.6) is 0 Å². The highest BCUT2D eigenvalue weighted by molar-refractivity contribution is 5.69. The Hall–Kier alpha value is -1.84. The van der Waals surface area contributed by atoms with E-state index in [1.54, 1.807) is 0 Å². The maximum atomic E-state index is 11.5. The van der Waals surface area contributed by atoms with E-state index in [0.717, 1.165) is 31.2 Å². The minimum absolute atomic E-state index is 0.128. The summed E-state index contributed by atoms with van der Waals surface area (Å²) in [5.74, 6) is -1.30. The van der Waals surface area contributed by atoms with Crippen LogP contribution in [-0.4, -0.2) is 22.2 Å². The SMILES string of the molecule is Cc1ccc(C(CCCCCCC(=O)O)(CC(=O)O)C(C)C)cc1. The Balaban J connectivity index is 2.82. The van der Waals surface area contributed by atoms with E-state index in [2.05, 4.69) is 26.0 Å². The van der Waals surface area contributed by atoms with Crippen LogP contribution in [0.3, 0.4) is 0 Å². The fourth-order valence-electron chi connectivity index (χ4n) is 3.39. The predicted molar refractivity (Wildman–Crippen MR) is 95.3 cm³/mol. The number of carboxylic acid groups (broad SMARTS) is 2. The Morgan fingerprint density at radius 2 is 1.54 bits per heavy atom. The minimum atomic E-state index is -0.768. The van der Waals surface area contributed by atoms with Gasteiger partial charge in [-0.1, -0.05) is 62.9 Å². The van der Waals surface area contributed by atoms with E-state index in [1.807, 2.05) is 19.1 Å². The standard InChI is InChI=1S/C20H30O4/c1-15(2)20(14-19(23)24,17-11-9-16(3)10-12-17)13-7-5-4-6-8-18(21)22/h9-12,15H,4-8,13-14H2,1-3H3,(H,21,22)(H,23,24). The number of aryl methyl sites for hydroxylation is 1. The summed E-state index contributed by atoms with van der Waals surface area (Å²) < 4.78 is 0. The highest BCUT2D eigenvalue weighted by atomic mass is 16.4. The molecule has 1 unspecified atom stereocenters. The molecule has 0 radical (unpaired) electrons. The van der Waals surface area contributed by atoms with Crippen LogP contribution in [0.25, 0.3) is 0 Å². The van der Waals surface area contributed by atoms with Gasteiger partial charge in [0.05, 0.1) is 6.42 Å². The average molecular weight is 334 g/mol. The van der Waals surface area contributed by atoms with Gasteiger partial charge < -0.3 is 10.2 Å². The molecule has 1 aromatic carbocycles. The largest absolute Gasteiger partial charge is 0.481 e. The van der Waals surface area contributed by atoms with Crippen molar-refractivity contribution in [1.29, 1.82) is 0 Å². The zero-order chi connectivity index (χ0) is 18.2. The minimum Gasteiger partial charge on any atom is -0.481 e. The predicted octanol–water partition coefficient (Wildman–Crippen LogP) is 4.79. The first-order valence-corrected chi connectivity index (χ1v) is 8.78. The van der Waals surface area contributed by atoms with Gasteiger partial charge in [0.15, 0.2) is 0 Å². The van der Waals surface area contributed by atoms with Gasteiger partial charge in [-0.2, -0.15) is 0 Å². The molecule has 4 heteroatoms. The first-order valence-electron chi connectivity index (χ1n) is 8.78. The van der Waals surface area contributed by atoms with Crippen molar-refractivity contribution in [2.45, 2.75) is 71.1 Å². The second kappa shape index (κ2) is 9.45. The van der Waals surface area contributed by atoms with E-state index in [4.69, 9.17) is 5.11 Å². The van der Waals surface area contributed by atoms with E-state index in [-0.39, 0.29) is 24.2 Å². The molecular weight excluding hydrogens is 304 g/mol. The topological polar surface area (TPSA) is 74.6 Å². The van der Waals surface area contributed by atoms with Gasteiger partial charge in [0, 0.05) is 11.8 Å². The molecule has 0 saturated carbocycles. The van der Waals surface area contributed by atoms with Gasteiger partial charge in [-0.25, -0.2) is 0 Å². The van der Waals surface area contributed by atoms with Crippen LogP contribution in [0, 0.1) is 12.8 Å². The summed E-state index contributed by atoms with van der Waals surface area (Å²) in [6.45, 7) is 6.21. The molecule has 24 heavy (non-hydrogen) atoms. The first kappa shape index (κ1) is 20.2. The van der Waals surface area contributed by atoms with Crippen molar-refractivity contribution in [2.24, 2.45) is 5.92 Å². The number of carbonyl (C=O) groups is 2. The molecular formula is C20H30O4. The lowest BCUT2D eigenvalue weighted by Crippen LogP contribution is -2.35. The first-order chi connectivity index (χ1) is 11.3. The van der Waals surface area contributed by atoms with Crippen molar-refractivity contribution in [1.82, 2.24) is 0 Å². The Bertz CT molecular complexity index is 533. The summed E-state index contributed by atoms with van der Waals surface area (Å²) in [6.07, 6.45) is 4.57. The van der Waals surface area contributed by atoms with E-state index >= 15 is 0 Å². The molecule has 1 rings (SSSR count). The molecule has 0 bridgehead atoms. The summed E-state index contributed by atoms with van der Waals surface area (Å²) in [5, 5.41) is 18.1. The number of benzene rings is 1. The highest BCUT2D eigenvalue weighted by Crippen LogP contribution is 2.41. The van der Waals surface area contributed by atoms with Crippen LogP contribution in [0.15, 0.2) is 24.3 Å². The molecule has 4 nitrogen and oxygen atoms in total. The van der Waals surface area contributed by atoms with Gasteiger partial charge in [-0.3, -0.25) is 9.59 Å². The van der Waals surface area contributed by atoms with Crippen LogP contribution >= 0.6 is 0 Å². The normalized spacial score (nSPS) is 13.7. The van der Waals surface area contributed by atoms with Crippen LogP contribution in [0.1, 0.15) is 69.9 Å². The molecule has 1 atom stereocenters. The zero-order valence-electron chi connectivity index (χ0n) is 15.0. The van der Waals surface area contributed by atoms with Crippen molar-refractivity contribution < 1.29 is 19.8 Å². The molecule has 0 aromatic heterocycles. The van der Waals surface area contributed by atoms with Crippen molar-refractivity contribution in [2.75, 3.05) is 0 Å². The summed E-state index contributed by atoms with van der Waals surface area (Å²) >= 11 is 0. The Kier molecular flexibility index (Phi) is 7.96. The maximum Gasteiger partial charge on any atom is 0.304 e. The number of unbranched alkanes of at least 4 members (excludes halogenated alkanes) is 3. The molecule has 2 N–H and O–H groups in total. The fourth-order valence-corrected chi connectivity index (χ4v) is 3.39. The van der Waals surface area contributed by atoms with Crippen LogP contribution in [0.2, 0.25) is 0 Å². The van der Waals surface area contributed by atoms with Crippen LogP contribution in [0.4, 0.5) is 0 Å². The molecule has 0 spiro atoms. The van der Waals surface area contributed by atoms with Gasteiger partial charge in [-0.15, -0.1) is 0 Å². The molecule has 0 fully saturated rings. The second-order valence-corrected chi connectivity index (χ2v) is 7.06. The summed E-state index contributed by atoms with van der Waals surface area (Å²) in [7, 11) is 0. The van der Waals surface area contributed by atoms with Gasteiger partial charge in [0.25, 0.3) is 0 Å². The summed E-state index contributed by atoms with van der Waals surface area (Å²) in [6, 6.07) is 8.20. The summed E-state index contributed by atoms with van der Waals surface area (Å²) in [5.41, 5.74) is 1.89. The Morgan fingerprint density at radius 3 is 2.04 bits per heavy atom. The number of hydrogen-bond acceptors (Lipinski definition) is 2. The third kappa shape index (κ3) is 5.99. The third-order valence-electron chi connectivity index (χ3n) is 4.96. The second-order valence-electron chi connectivity index (χ2n) is 7.06. The lowest BCUT2D eigenvalue weighted by atomic mass is 9.66. The Morgan fingerprint density at radius 1 is 0.958 bits per heavy atom. The fraction of sp³-hybridized carbons (Fsp3) is 0.600. The van der Waals surface area contributed by atoms with Crippen molar-refractivity contribution in [3.63, 3.8) is 0 Å². The molecule has 0 saturated heterocycles. The number of carboxylic acids is 2. The van der Waals surface area contributed by atoms with E-state index in [9.17, 15) is 14.7 Å². The van der Waals surface area contributed by atoms with Gasteiger partial charge in [0.1, 0.15) is 0 Å². The third-order valence-corrected chi connectivity index (χ3v) is 4.96.